The molecule has 3 rings (SSSR count). The number of esters is 1. The molecule has 0 radical (unpaired) electrons. The van der Waals surface area contributed by atoms with E-state index in [0.29, 0.717) is 40.5 Å². The Kier molecular flexibility index (Phi) is 9.21. The number of amides is 2. The highest BCUT2D eigenvalue weighted by molar-refractivity contribution is 5.97. The molecule has 0 fully saturated rings. The fourth-order valence-electron chi connectivity index (χ4n) is 3.10. The van der Waals surface area contributed by atoms with Gasteiger partial charge in [-0.2, -0.15) is 5.10 Å². The molecule has 2 amide bonds. The minimum Gasteiger partial charge on any atom is -0.497 e. The molecule has 0 aromatic heterocycles. The van der Waals surface area contributed by atoms with Crippen molar-refractivity contribution < 1.29 is 28.6 Å². The molecule has 198 valence electrons. The molecule has 0 spiro atoms. The van der Waals surface area contributed by atoms with Gasteiger partial charge in [0.05, 0.1) is 25.5 Å². The van der Waals surface area contributed by atoms with Crippen molar-refractivity contribution in [2.45, 2.75) is 27.7 Å². The molecule has 0 saturated carbocycles. The first-order chi connectivity index (χ1) is 18.1. The van der Waals surface area contributed by atoms with Crippen molar-refractivity contribution in [3.63, 3.8) is 0 Å². The molecule has 0 aliphatic carbocycles. The Hall–Kier alpha value is -4.66. The molecule has 0 unspecified atom stereocenters. The normalized spacial score (nSPS) is 11.1. The van der Waals surface area contributed by atoms with E-state index < -0.39 is 17.3 Å². The maximum absolute atomic E-state index is 12.5. The van der Waals surface area contributed by atoms with Gasteiger partial charge in [-0.15, -0.1) is 0 Å². The van der Waals surface area contributed by atoms with Crippen LogP contribution in [0.2, 0.25) is 0 Å². The van der Waals surface area contributed by atoms with Gasteiger partial charge in [-0.05, 0) is 79.2 Å². The number of hydrazone groups is 1. The van der Waals surface area contributed by atoms with Crippen molar-refractivity contribution in [2.75, 3.05) is 19.0 Å². The van der Waals surface area contributed by atoms with Crippen LogP contribution in [0.25, 0.3) is 0 Å². The van der Waals surface area contributed by atoms with E-state index in [1.54, 1.807) is 73.8 Å². The lowest BCUT2D eigenvalue weighted by atomic mass is 9.95. The Labute approximate surface area is 221 Å². The predicted octanol–water partition coefficient (Wildman–Crippen LogP) is 5.06. The molecule has 0 saturated heterocycles. The molecule has 9 heteroatoms. The van der Waals surface area contributed by atoms with Crippen LogP contribution in [0.4, 0.5) is 5.69 Å². The van der Waals surface area contributed by atoms with Crippen molar-refractivity contribution in [1.29, 1.82) is 0 Å². The topological polar surface area (TPSA) is 115 Å². The third-order valence-corrected chi connectivity index (χ3v) is 5.26. The van der Waals surface area contributed by atoms with Crippen molar-refractivity contribution in [2.24, 2.45) is 10.5 Å². The van der Waals surface area contributed by atoms with Crippen LogP contribution in [0.3, 0.4) is 0 Å². The third-order valence-electron chi connectivity index (χ3n) is 5.26. The highest BCUT2D eigenvalue weighted by Gasteiger charge is 2.21. The van der Waals surface area contributed by atoms with E-state index in [-0.39, 0.29) is 11.7 Å². The predicted molar refractivity (Wildman–Crippen MR) is 145 cm³/mol. The number of rotatable bonds is 9. The monoisotopic (exact) mass is 517 g/mol. The molecule has 0 heterocycles. The van der Waals surface area contributed by atoms with Crippen molar-refractivity contribution in [3.8, 4) is 17.2 Å². The fourth-order valence-corrected chi connectivity index (χ4v) is 3.10. The minimum absolute atomic E-state index is 0.118. The molecular weight excluding hydrogens is 486 g/mol. The summed E-state index contributed by atoms with van der Waals surface area (Å²) in [5, 5.41) is 6.82. The molecule has 38 heavy (non-hydrogen) atoms. The molecule has 9 nitrogen and oxygen atoms in total. The van der Waals surface area contributed by atoms with Crippen LogP contribution in [-0.2, 0) is 4.79 Å². The number of methoxy groups -OCH3 is 1. The van der Waals surface area contributed by atoms with E-state index in [2.05, 4.69) is 15.8 Å². The van der Waals surface area contributed by atoms with Gasteiger partial charge in [0.25, 0.3) is 5.91 Å². The summed E-state index contributed by atoms with van der Waals surface area (Å²) in [6.45, 7) is 7.64. The minimum atomic E-state index is -0.536. The second kappa shape index (κ2) is 12.5. The number of hydrogen-bond acceptors (Lipinski definition) is 7. The van der Waals surface area contributed by atoms with Gasteiger partial charge in [-0.3, -0.25) is 9.59 Å². The standard InChI is InChI=1S/C29H31N3O6/c1-6-37-25-17-19(7-16-24(25)38-27(34)21-10-14-23(36-5)15-11-21)18-30-32-26(33)20-8-12-22(13-9-20)31-28(35)29(2,3)4/h7-18H,6H2,1-5H3,(H,31,35)(H,32,33)/b30-18-. The summed E-state index contributed by atoms with van der Waals surface area (Å²) in [5.41, 5.74) is 3.91. The molecule has 0 aliphatic rings. The number of hydrogen-bond donors (Lipinski definition) is 2. The maximum atomic E-state index is 12.5. The molecule has 0 bridgehead atoms. The Balaban J connectivity index is 1.63. The van der Waals surface area contributed by atoms with Gasteiger partial charge in [-0.1, -0.05) is 20.8 Å². The second-order valence-corrected chi connectivity index (χ2v) is 9.24. The number of nitrogens with zero attached hydrogens (tertiary/aromatic N) is 1. The molecule has 0 aliphatic heterocycles. The van der Waals surface area contributed by atoms with Crippen molar-refractivity contribution >= 4 is 29.7 Å². The first kappa shape index (κ1) is 27.9. The number of carbonyl (C=O) groups is 3. The lowest BCUT2D eigenvalue weighted by Gasteiger charge is -2.17. The lowest BCUT2D eigenvalue weighted by Crippen LogP contribution is -2.27. The zero-order valence-electron chi connectivity index (χ0n) is 22.0. The summed E-state index contributed by atoms with van der Waals surface area (Å²) in [4.78, 5) is 37.1. The Bertz CT molecular complexity index is 1310. The highest BCUT2D eigenvalue weighted by Crippen LogP contribution is 2.29. The van der Waals surface area contributed by atoms with Gasteiger partial charge < -0.3 is 19.5 Å². The Morgan fingerprint density at radius 1 is 0.895 bits per heavy atom. The summed E-state index contributed by atoms with van der Waals surface area (Å²) < 4.78 is 16.3. The molecule has 3 aromatic rings. The van der Waals surface area contributed by atoms with E-state index in [9.17, 15) is 14.4 Å². The van der Waals surface area contributed by atoms with E-state index in [1.807, 2.05) is 27.7 Å². The fraction of sp³-hybridized carbons (Fsp3) is 0.241. The number of carbonyl (C=O) groups excluding carboxylic acids is 3. The summed E-state index contributed by atoms with van der Waals surface area (Å²) in [5.74, 6) is 0.183. The largest absolute Gasteiger partial charge is 0.497 e. The Morgan fingerprint density at radius 2 is 1.55 bits per heavy atom. The third kappa shape index (κ3) is 7.67. The van der Waals surface area contributed by atoms with Crippen LogP contribution < -0.4 is 25.0 Å². The number of ether oxygens (including phenoxy) is 3. The first-order valence-corrected chi connectivity index (χ1v) is 12.0. The maximum Gasteiger partial charge on any atom is 0.343 e. The van der Waals surface area contributed by atoms with Gasteiger partial charge in [0.2, 0.25) is 5.91 Å². The Morgan fingerprint density at radius 3 is 2.16 bits per heavy atom. The zero-order valence-corrected chi connectivity index (χ0v) is 22.0. The van der Waals surface area contributed by atoms with Gasteiger partial charge in [0.15, 0.2) is 11.5 Å². The van der Waals surface area contributed by atoms with Gasteiger partial charge in [-0.25, -0.2) is 10.2 Å². The van der Waals surface area contributed by atoms with Gasteiger partial charge in [0, 0.05) is 16.7 Å². The summed E-state index contributed by atoms with van der Waals surface area (Å²) in [6.07, 6.45) is 1.45. The first-order valence-electron chi connectivity index (χ1n) is 12.0. The van der Waals surface area contributed by atoms with E-state index in [0.717, 1.165) is 0 Å². The SMILES string of the molecule is CCOc1cc(/C=N\NC(=O)c2ccc(NC(=O)C(C)(C)C)cc2)ccc1OC(=O)c1ccc(OC)cc1. The smallest absolute Gasteiger partial charge is 0.343 e. The van der Waals surface area contributed by atoms with E-state index in [4.69, 9.17) is 14.2 Å². The van der Waals surface area contributed by atoms with Crippen LogP contribution in [-0.4, -0.2) is 37.7 Å². The lowest BCUT2D eigenvalue weighted by molar-refractivity contribution is -0.123. The number of benzene rings is 3. The number of anilines is 1. The van der Waals surface area contributed by atoms with Crippen LogP contribution in [0, 0.1) is 5.41 Å². The van der Waals surface area contributed by atoms with Crippen LogP contribution >= 0.6 is 0 Å². The van der Waals surface area contributed by atoms with Crippen molar-refractivity contribution in [1.82, 2.24) is 5.43 Å². The second-order valence-electron chi connectivity index (χ2n) is 9.24. The highest BCUT2D eigenvalue weighted by atomic mass is 16.6. The summed E-state index contributed by atoms with van der Waals surface area (Å²) in [6, 6.07) is 18.0. The van der Waals surface area contributed by atoms with Gasteiger partial charge >= 0.3 is 5.97 Å². The molecule has 0 atom stereocenters. The molecule has 3 aromatic carbocycles. The van der Waals surface area contributed by atoms with Gasteiger partial charge in [0.1, 0.15) is 5.75 Å². The van der Waals surface area contributed by atoms with E-state index in [1.165, 1.54) is 6.21 Å². The van der Waals surface area contributed by atoms with Crippen LogP contribution in [0.15, 0.2) is 71.8 Å². The molecule has 2 N–H and O–H groups in total. The van der Waals surface area contributed by atoms with E-state index >= 15 is 0 Å². The zero-order chi connectivity index (χ0) is 27.7. The van der Waals surface area contributed by atoms with Crippen LogP contribution in [0.5, 0.6) is 17.2 Å². The molecular formula is C29H31N3O6. The average molecular weight is 518 g/mol. The summed E-state index contributed by atoms with van der Waals surface area (Å²) in [7, 11) is 1.55. The van der Waals surface area contributed by atoms with Crippen molar-refractivity contribution in [3.05, 3.63) is 83.4 Å². The number of nitrogens with one attached hydrogen (secondary N) is 2. The van der Waals surface area contributed by atoms with Crippen LogP contribution in [0.1, 0.15) is 54.0 Å². The average Bonchev–Trinajstić information content (AvgIpc) is 2.90. The quantitative estimate of drug-likeness (QED) is 0.177. The summed E-state index contributed by atoms with van der Waals surface area (Å²) >= 11 is 0.